The Morgan fingerprint density at radius 2 is 1.86 bits per heavy atom. The lowest BCUT2D eigenvalue weighted by molar-refractivity contribution is 0.0425. The Balaban J connectivity index is 1.31. The zero-order valence-corrected chi connectivity index (χ0v) is 24.4. The summed E-state index contributed by atoms with van der Waals surface area (Å²) in [5.74, 6) is -0.623. The molecule has 1 aliphatic heterocycles. The number of carbonyl (C=O) groups excluding carboxylic acids is 1. The summed E-state index contributed by atoms with van der Waals surface area (Å²) >= 11 is 0. The first-order valence-electron chi connectivity index (χ1n) is 14.1. The van der Waals surface area contributed by atoms with E-state index in [4.69, 9.17) is 19.4 Å². The van der Waals surface area contributed by atoms with Crippen molar-refractivity contribution in [3.8, 4) is 17.1 Å². The number of amides is 1. The normalized spacial score (nSPS) is 17.9. The number of rotatable bonds is 4. The lowest BCUT2D eigenvalue weighted by Crippen LogP contribution is -2.48. The second kappa shape index (κ2) is 10.2. The number of methoxy groups -OCH3 is 1. The molecule has 2 aliphatic rings. The maximum Gasteiger partial charge on any atom is 0.408 e. The van der Waals surface area contributed by atoms with E-state index in [9.17, 15) is 13.6 Å². The van der Waals surface area contributed by atoms with Crippen LogP contribution in [0, 0.1) is 24.0 Å². The molecule has 3 aromatic heterocycles. The number of benzene rings is 1. The molecular weight excluding hydrogens is 542 g/mol. The smallest absolute Gasteiger partial charge is 0.408 e. The number of halogens is 2. The molecule has 1 atom stereocenters. The van der Waals surface area contributed by atoms with Crippen molar-refractivity contribution in [2.75, 3.05) is 25.1 Å². The van der Waals surface area contributed by atoms with E-state index in [1.165, 1.54) is 12.1 Å². The number of piperidine rings is 1. The number of ether oxygens (including phenoxy) is 2. The first-order chi connectivity index (χ1) is 20.0. The number of alkyl carbamates (subject to hydrolysis) is 1. The van der Waals surface area contributed by atoms with Crippen molar-refractivity contribution in [2.45, 2.75) is 58.6 Å². The van der Waals surface area contributed by atoms with Gasteiger partial charge in [-0.2, -0.15) is 5.10 Å². The van der Waals surface area contributed by atoms with E-state index in [-0.39, 0.29) is 17.0 Å². The van der Waals surface area contributed by atoms with Gasteiger partial charge >= 0.3 is 6.09 Å². The number of aromatic nitrogens is 4. The fraction of sp³-hybridized carbons (Fsp3) is 0.419. The zero-order valence-electron chi connectivity index (χ0n) is 24.4. The van der Waals surface area contributed by atoms with E-state index in [0.717, 1.165) is 42.4 Å². The van der Waals surface area contributed by atoms with Gasteiger partial charge in [0.25, 0.3) is 0 Å². The van der Waals surface area contributed by atoms with Crippen molar-refractivity contribution in [3.63, 3.8) is 0 Å². The molecule has 6 rings (SSSR count). The first kappa shape index (κ1) is 27.9. The third kappa shape index (κ3) is 4.80. The van der Waals surface area contributed by atoms with Crippen LogP contribution in [0.15, 0.2) is 42.6 Å². The van der Waals surface area contributed by atoms with Crippen LogP contribution in [0.2, 0.25) is 0 Å². The van der Waals surface area contributed by atoms with Crippen LogP contribution in [0.4, 0.5) is 19.4 Å². The Bertz CT molecular complexity index is 1670. The Labute approximate surface area is 242 Å². The van der Waals surface area contributed by atoms with Crippen molar-refractivity contribution < 1.29 is 23.0 Å². The Hall–Kier alpha value is -4.28. The van der Waals surface area contributed by atoms with Crippen molar-refractivity contribution in [3.05, 3.63) is 71.2 Å². The maximum atomic E-state index is 14.8. The highest BCUT2D eigenvalue weighted by Crippen LogP contribution is 2.52. The molecule has 1 unspecified atom stereocenters. The molecule has 9 nitrogen and oxygen atoms in total. The van der Waals surface area contributed by atoms with Gasteiger partial charge in [-0.15, -0.1) is 0 Å². The zero-order chi connectivity index (χ0) is 29.8. The van der Waals surface area contributed by atoms with Crippen molar-refractivity contribution in [2.24, 2.45) is 5.41 Å². The fourth-order valence-electron chi connectivity index (χ4n) is 6.35. The van der Waals surface area contributed by atoms with Crippen LogP contribution in [0.1, 0.15) is 56.6 Å². The summed E-state index contributed by atoms with van der Waals surface area (Å²) in [4.78, 5) is 24.8. The summed E-state index contributed by atoms with van der Waals surface area (Å²) in [5.41, 5.74) is 2.76. The van der Waals surface area contributed by atoms with Gasteiger partial charge in [0.2, 0.25) is 5.88 Å². The van der Waals surface area contributed by atoms with Crippen molar-refractivity contribution in [1.82, 2.24) is 24.9 Å². The van der Waals surface area contributed by atoms with E-state index in [1.54, 1.807) is 24.7 Å². The molecule has 11 heteroatoms. The Morgan fingerprint density at radius 3 is 2.57 bits per heavy atom. The fourth-order valence-corrected chi connectivity index (χ4v) is 6.35. The molecule has 4 heterocycles. The summed E-state index contributed by atoms with van der Waals surface area (Å²) in [6, 6.07) is 9.47. The lowest BCUT2D eigenvalue weighted by Gasteiger charge is -2.43. The quantitative estimate of drug-likeness (QED) is 0.328. The molecule has 1 N–H and O–H groups in total. The highest BCUT2D eigenvalue weighted by atomic mass is 19.2. The summed E-state index contributed by atoms with van der Waals surface area (Å²) in [6.45, 7) is 8.63. The molecule has 220 valence electrons. The first-order valence-corrected chi connectivity index (χ1v) is 14.1. The SMILES string of the molecule is COc1ccc2c(n1)C(NC(=O)OC(C)(C)C)C1(CCN(c3nc(C)c(-c4cccc(F)c4F)n4nccc34)CC1)C2. The standard InChI is InChI=1S/C31H34F2N6O3/c1-18-26(20-7-6-8-21(32)24(20)33)39-22(11-14-34-39)28(35-18)38-15-12-31(13-16-38)17-19-9-10-23(41-5)36-25(19)27(31)37-29(40)42-30(2,3)4/h6-11,14,27H,12-13,15-17H2,1-5H3,(H,37,40). The van der Waals surface area contributed by atoms with Gasteiger partial charge in [-0.05, 0) is 70.7 Å². The van der Waals surface area contributed by atoms with Gasteiger partial charge in [-0.1, -0.05) is 12.1 Å². The maximum absolute atomic E-state index is 14.8. The van der Waals surface area contributed by atoms with Crippen LogP contribution < -0.4 is 15.0 Å². The van der Waals surface area contributed by atoms with Gasteiger partial charge in [0.05, 0.1) is 36.4 Å². The minimum Gasteiger partial charge on any atom is -0.481 e. The number of hydrogen-bond acceptors (Lipinski definition) is 7. The predicted molar refractivity (Wildman–Crippen MR) is 154 cm³/mol. The number of aryl methyl sites for hydroxylation is 1. The van der Waals surface area contributed by atoms with Gasteiger partial charge < -0.3 is 19.7 Å². The summed E-state index contributed by atoms with van der Waals surface area (Å²) in [5, 5.41) is 7.58. The molecule has 42 heavy (non-hydrogen) atoms. The Morgan fingerprint density at radius 1 is 1.10 bits per heavy atom. The van der Waals surface area contributed by atoms with Gasteiger partial charge in [0, 0.05) is 30.1 Å². The summed E-state index contributed by atoms with van der Waals surface area (Å²) in [7, 11) is 1.58. The number of nitrogens with one attached hydrogen (secondary N) is 1. The average Bonchev–Trinajstić information content (AvgIpc) is 3.53. The second-order valence-electron chi connectivity index (χ2n) is 12.1. The monoisotopic (exact) mass is 576 g/mol. The molecule has 1 amide bonds. The molecule has 1 saturated heterocycles. The van der Waals surface area contributed by atoms with Crippen molar-refractivity contribution >= 4 is 17.4 Å². The molecule has 0 bridgehead atoms. The van der Waals surface area contributed by atoms with E-state index in [1.807, 2.05) is 39.0 Å². The van der Waals surface area contributed by atoms with Crippen LogP contribution in [-0.2, 0) is 11.2 Å². The predicted octanol–water partition coefficient (Wildman–Crippen LogP) is 5.80. The van der Waals surface area contributed by atoms with Crippen LogP contribution in [0.5, 0.6) is 5.88 Å². The van der Waals surface area contributed by atoms with Crippen LogP contribution in [0.25, 0.3) is 16.8 Å². The summed E-state index contributed by atoms with van der Waals surface area (Å²) in [6.07, 6.45) is 3.44. The number of pyridine rings is 1. The third-order valence-electron chi connectivity index (χ3n) is 8.25. The largest absolute Gasteiger partial charge is 0.481 e. The van der Waals surface area contributed by atoms with Crippen LogP contribution in [0.3, 0.4) is 0 Å². The van der Waals surface area contributed by atoms with Gasteiger partial charge in [-0.3, -0.25) is 0 Å². The van der Waals surface area contributed by atoms with Crippen LogP contribution >= 0.6 is 0 Å². The Kier molecular flexibility index (Phi) is 6.78. The van der Waals surface area contributed by atoms with E-state index >= 15 is 0 Å². The molecule has 0 radical (unpaired) electrons. The molecule has 1 aliphatic carbocycles. The van der Waals surface area contributed by atoms with Crippen LogP contribution in [-0.4, -0.2) is 51.5 Å². The highest BCUT2D eigenvalue weighted by Gasteiger charge is 2.50. The van der Waals surface area contributed by atoms with E-state index in [2.05, 4.69) is 15.3 Å². The number of anilines is 1. The number of fused-ring (bicyclic) bond motifs is 2. The molecular formula is C31H34F2N6O3. The van der Waals surface area contributed by atoms with Gasteiger partial charge in [0.1, 0.15) is 11.1 Å². The topological polar surface area (TPSA) is 93.9 Å². The minimum absolute atomic E-state index is 0.112. The number of carbonyl (C=O) groups is 1. The van der Waals surface area contributed by atoms with E-state index in [0.29, 0.717) is 35.9 Å². The molecule has 1 fully saturated rings. The third-order valence-corrected chi connectivity index (χ3v) is 8.25. The van der Waals surface area contributed by atoms with Crippen molar-refractivity contribution in [1.29, 1.82) is 0 Å². The number of nitrogens with zero attached hydrogens (tertiary/aromatic N) is 5. The number of hydrogen-bond donors (Lipinski definition) is 1. The van der Waals surface area contributed by atoms with Gasteiger partial charge in [0.15, 0.2) is 17.5 Å². The second-order valence-corrected chi connectivity index (χ2v) is 12.1. The van der Waals surface area contributed by atoms with Gasteiger partial charge in [-0.25, -0.2) is 28.1 Å². The van der Waals surface area contributed by atoms with E-state index < -0.39 is 23.3 Å². The minimum atomic E-state index is -0.929. The summed E-state index contributed by atoms with van der Waals surface area (Å²) < 4.78 is 41.5. The lowest BCUT2D eigenvalue weighted by atomic mass is 9.73. The average molecular weight is 577 g/mol. The molecule has 4 aromatic rings. The molecule has 1 aromatic carbocycles. The molecule has 0 saturated carbocycles. The molecule has 1 spiro atoms. The highest BCUT2D eigenvalue weighted by molar-refractivity contribution is 5.76.